The molecule has 3 aromatic rings. The van der Waals surface area contributed by atoms with E-state index < -0.39 is 28.5 Å². The number of aliphatic hydroxyl groups is 2. The Morgan fingerprint density at radius 1 is 1.12 bits per heavy atom. The molecule has 0 saturated carbocycles. The minimum Gasteiger partial charge on any atom is -0.508 e. The third kappa shape index (κ3) is 3.92. The molecular weight excluding hydrogens is 428 g/mol. The van der Waals surface area contributed by atoms with Gasteiger partial charge in [-0.05, 0) is 52.0 Å². The summed E-state index contributed by atoms with van der Waals surface area (Å²) in [6.07, 6.45) is 3.23. The van der Waals surface area contributed by atoms with Gasteiger partial charge in [0.2, 0.25) is 5.43 Å². The Labute approximate surface area is 189 Å². The predicted molar refractivity (Wildman–Crippen MR) is 123 cm³/mol. The smallest absolute Gasteiger partial charge is 0.204 e. The van der Waals surface area contributed by atoms with Crippen LogP contribution in [0.2, 0.25) is 0 Å². The molecule has 33 heavy (non-hydrogen) atoms. The van der Waals surface area contributed by atoms with E-state index in [4.69, 9.17) is 9.15 Å². The van der Waals surface area contributed by atoms with Gasteiger partial charge in [0, 0.05) is 23.6 Å². The van der Waals surface area contributed by atoms with Gasteiger partial charge in [0.1, 0.15) is 40.2 Å². The predicted octanol–water partition coefficient (Wildman–Crippen LogP) is 3.44. The molecule has 5 N–H and O–H groups in total. The van der Waals surface area contributed by atoms with Gasteiger partial charge in [-0.25, -0.2) is 0 Å². The molecule has 174 valence electrons. The average molecular weight is 454 g/mol. The summed E-state index contributed by atoms with van der Waals surface area (Å²) in [7, 11) is 0. The summed E-state index contributed by atoms with van der Waals surface area (Å²) in [5.41, 5.74) is -2.06. The summed E-state index contributed by atoms with van der Waals surface area (Å²) < 4.78 is 11.8. The van der Waals surface area contributed by atoms with Crippen LogP contribution in [0, 0.1) is 0 Å². The normalized spacial score (nSPS) is 15.8. The van der Waals surface area contributed by atoms with Gasteiger partial charge in [-0.2, -0.15) is 0 Å². The van der Waals surface area contributed by atoms with Crippen molar-refractivity contribution in [3.05, 3.63) is 51.9 Å². The second kappa shape index (κ2) is 7.54. The van der Waals surface area contributed by atoms with Gasteiger partial charge in [-0.3, -0.25) is 4.79 Å². The van der Waals surface area contributed by atoms with Gasteiger partial charge in [0.15, 0.2) is 5.58 Å². The molecule has 0 bridgehead atoms. The Hall–Kier alpha value is -3.49. The lowest BCUT2D eigenvalue weighted by Crippen LogP contribution is -2.38. The number of hydrogen-bond acceptors (Lipinski definition) is 8. The van der Waals surface area contributed by atoms with Crippen LogP contribution < -0.4 is 10.2 Å². The van der Waals surface area contributed by atoms with Gasteiger partial charge in [0.25, 0.3) is 0 Å². The van der Waals surface area contributed by atoms with Gasteiger partial charge in [-0.15, -0.1) is 0 Å². The number of aliphatic hydroxyl groups excluding tert-OH is 1. The number of phenols is 3. The maximum Gasteiger partial charge on any atom is 0.204 e. The number of benzene rings is 2. The maximum atomic E-state index is 13.5. The van der Waals surface area contributed by atoms with Crippen LogP contribution >= 0.6 is 0 Å². The van der Waals surface area contributed by atoms with E-state index in [9.17, 15) is 30.3 Å². The highest BCUT2D eigenvalue weighted by molar-refractivity contribution is 5.97. The van der Waals surface area contributed by atoms with Crippen LogP contribution in [0.4, 0.5) is 0 Å². The Kier molecular flexibility index (Phi) is 5.18. The fraction of sp³-hybridized carbons (Fsp3) is 0.320. The van der Waals surface area contributed by atoms with E-state index in [1.807, 2.05) is 13.8 Å². The minimum atomic E-state index is -1.47. The first-order valence-electron chi connectivity index (χ1n) is 10.4. The molecule has 0 saturated heterocycles. The SMILES string of the molecule is CC1(C)C=Cc2c(c(CC(O)C(C)(C)O)c(O)c3c(=O)c(-c4ccc(O)cc4O)coc23)O1. The molecular formula is C25H26O8. The average Bonchev–Trinajstić information content (AvgIpc) is 2.70. The molecule has 1 atom stereocenters. The summed E-state index contributed by atoms with van der Waals surface area (Å²) in [4.78, 5) is 13.5. The first-order valence-corrected chi connectivity index (χ1v) is 10.4. The van der Waals surface area contributed by atoms with Crippen LogP contribution in [0.5, 0.6) is 23.0 Å². The molecule has 0 amide bonds. The van der Waals surface area contributed by atoms with Crippen molar-refractivity contribution < 1.29 is 34.7 Å². The highest BCUT2D eigenvalue weighted by atomic mass is 16.5. The molecule has 8 nitrogen and oxygen atoms in total. The molecule has 2 aromatic carbocycles. The van der Waals surface area contributed by atoms with Crippen LogP contribution in [0.15, 0.2) is 39.7 Å². The van der Waals surface area contributed by atoms with Crippen LogP contribution in [-0.4, -0.2) is 42.8 Å². The second-order valence-electron chi connectivity index (χ2n) is 9.37. The molecule has 1 aromatic heterocycles. The third-order valence-electron chi connectivity index (χ3n) is 5.78. The zero-order valence-corrected chi connectivity index (χ0v) is 18.7. The zero-order chi connectivity index (χ0) is 24.3. The summed E-state index contributed by atoms with van der Waals surface area (Å²) >= 11 is 0. The Bertz CT molecular complexity index is 1340. The van der Waals surface area contributed by atoms with Crippen LogP contribution in [0.25, 0.3) is 28.2 Å². The molecule has 2 heterocycles. The van der Waals surface area contributed by atoms with Gasteiger partial charge in [0.05, 0.1) is 22.8 Å². The Morgan fingerprint density at radius 3 is 2.45 bits per heavy atom. The number of phenolic OH excluding ortho intramolecular Hbond substituents is 3. The zero-order valence-electron chi connectivity index (χ0n) is 18.7. The molecule has 8 heteroatoms. The first kappa shape index (κ1) is 22.7. The largest absolute Gasteiger partial charge is 0.508 e. The van der Waals surface area contributed by atoms with Crippen molar-refractivity contribution in [2.45, 2.75) is 51.4 Å². The molecule has 0 spiro atoms. The molecule has 1 aliphatic heterocycles. The molecule has 0 radical (unpaired) electrons. The highest BCUT2D eigenvalue weighted by Gasteiger charge is 2.34. The van der Waals surface area contributed by atoms with Crippen molar-refractivity contribution in [2.75, 3.05) is 0 Å². The second-order valence-corrected chi connectivity index (χ2v) is 9.37. The van der Waals surface area contributed by atoms with E-state index in [0.29, 0.717) is 5.56 Å². The lowest BCUT2D eigenvalue weighted by Gasteiger charge is -2.32. The van der Waals surface area contributed by atoms with E-state index in [-0.39, 0.29) is 51.3 Å². The summed E-state index contributed by atoms with van der Waals surface area (Å²) in [5, 5.41) is 51.6. The highest BCUT2D eigenvalue weighted by Crippen LogP contribution is 2.45. The lowest BCUT2D eigenvalue weighted by atomic mass is 9.89. The minimum absolute atomic E-state index is 0.0229. The van der Waals surface area contributed by atoms with Crippen molar-refractivity contribution in [2.24, 2.45) is 0 Å². The number of hydrogen-bond donors (Lipinski definition) is 5. The summed E-state index contributed by atoms with van der Waals surface area (Å²) in [6, 6.07) is 3.77. The van der Waals surface area contributed by atoms with E-state index in [0.717, 1.165) is 6.07 Å². The molecule has 0 fully saturated rings. The molecule has 1 unspecified atom stereocenters. The van der Waals surface area contributed by atoms with Crippen molar-refractivity contribution in [1.82, 2.24) is 0 Å². The molecule has 4 rings (SSSR count). The Balaban J connectivity index is 2.04. The van der Waals surface area contributed by atoms with E-state index in [2.05, 4.69) is 0 Å². The van der Waals surface area contributed by atoms with Crippen LogP contribution in [0.3, 0.4) is 0 Å². The quantitative estimate of drug-likeness (QED) is 0.404. The van der Waals surface area contributed by atoms with E-state index in [1.54, 1.807) is 12.2 Å². The maximum absolute atomic E-state index is 13.5. The van der Waals surface area contributed by atoms with Crippen LogP contribution in [0.1, 0.15) is 38.8 Å². The van der Waals surface area contributed by atoms with Crippen LogP contribution in [-0.2, 0) is 6.42 Å². The lowest BCUT2D eigenvalue weighted by molar-refractivity contribution is -0.0474. The number of fused-ring (bicyclic) bond motifs is 3. The molecule has 1 aliphatic rings. The fourth-order valence-electron chi connectivity index (χ4n) is 3.82. The first-order chi connectivity index (χ1) is 15.3. The van der Waals surface area contributed by atoms with Crippen molar-refractivity contribution >= 4 is 17.0 Å². The van der Waals surface area contributed by atoms with Gasteiger partial charge in [-0.1, -0.05) is 0 Å². The fourth-order valence-corrected chi connectivity index (χ4v) is 3.82. The van der Waals surface area contributed by atoms with Crippen molar-refractivity contribution in [1.29, 1.82) is 0 Å². The summed E-state index contributed by atoms with van der Waals surface area (Å²) in [6.45, 7) is 6.51. The van der Waals surface area contributed by atoms with Crippen molar-refractivity contribution in [3.63, 3.8) is 0 Å². The standard InChI is InChI=1S/C25H26O8/c1-24(2)8-7-14-22(33-24)15(10-18(28)25(3,4)31)20(29)19-21(30)16(11-32-23(14)19)13-6-5-12(26)9-17(13)27/h5-9,11,18,26-29,31H,10H2,1-4H3. The van der Waals surface area contributed by atoms with E-state index in [1.165, 1.54) is 32.2 Å². The number of aromatic hydroxyl groups is 3. The monoisotopic (exact) mass is 454 g/mol. The van der Waals surface area contributed by atoms with Gasteiger partial charge < -0.3 is 34.7 Å². The summed E-state index contributed by atoms with van der Waals surface area (Å²) in [5.74, 6) is -0.695. The number of rotatable bonds is 4. The Morgan fingerprint density at radius 2 is 1.82 bits per heavy atom. The molecule has 0 aliphatic carbocycles. The number of ether oxygens (including phenoxy) is 1. The van der Waals surface area contributed by atoms with Gasteiger partial charge >= 0.3 is 0 Å². The van der Waals surface area contributed by atoms with E-state index >= 15 is 0 Å². The topological polar surface area (TPSA) is 141 Å². The third-order valence-corrected chi connectivity index (χ3v) is 5.78. The van der Waals surface area contributed by atoms with Crippen molar-refractivity contribution in [3.8, 4) is 34.1 Å².